The van der Waals surface area contributed by atoms with E-state index in [-0.39, 0.29) is 128 Å². The van der Waals surface area contributed by atoms with E-state index in [1.807, 2.05) is 12.1 Å². The second-order valence-corrected chi connectivity index (χ2v) is 23.3. The minimum absolute atomic E-state index is 0. The van der Waals surface area contributed by atoms with E-state index in [0.29, 0.717) is 11.1 Å². The predicted octanol–water partition coefficient (Wildman–Crippen LogP) is 6.86. The van der Waals surface area contributed by atoms with E-state index in [9.17, 15) is 37.9 Å². The zero-order valence-corrected chi connectivity index (χ0v) is 48.8. The molecule has 6 aromatic rings. The summed E-state index contributed by atoms with van der Waals surface area (Å²) < 4.78 is 71.1. The Bertz CT molecular complexity index is 3410. The van der Waals surface area contributed by atoms with Crippen molar-refractivity contribution < 1.29 is 84.7 Å². The Morgan fingerprint density at radius 2 is 0.855 bits per heavy atom. The number of pyridine rings is 2. The fraction of sp³-hybridized carbons (Fsp3) is 0.418. The molecule has 0 spiro atoms. The molecule has 0 bridgehead atoms. The normalized spacial score (nSPS) is 14.1. The lowest BCUT2D eigenvalue weighted by atomic mass is 10.1. The average molecular weight is 1190 g/mol. The Balaban J connectivity index is 0.000000268. The fourth-order valence-corrected chi connectivity index (χ4v) is 11.0. The Morgan fingerprint density at radius 1 is 0.518 bits per heavy atom. The number of benzene rings is 2. The summed E-state index contributed by atoms with van der Waals surface area (Å²) in [4.78, 5) is 112. The summed E-state index contributed by atoms with van der Waals surface area (Å²) in [6.07, 6.45) is 5.34. The number of ketones is 2. The number of amides is 4. The number of fused-ring (bicyclic) bond motifs is 2. The zero-order valence-electron chi connectivity index (χ0n) is 47.1. The van der Waals surface area contributed by atoms with Crippen molar-refractivity contribution in [2.45, 2.75) is 73.6 Å². The van der Waals surface area contributed by atoms with Crippen LogP contribution in [0.4, 0.5) is 0 Å². The third kappa shape index (κ3) is 15.6. The Morgan fingerprint density at radius 3 is 1.17 bits per heavy atom. The number of Topliss-reactive ketones (excluding diaryl/α,β-unsaturated/α-hetero) is 2. The number of carbonyl (C=O) groups excluding carboxylic acids is 6. The zero-order chi connectivity index (χ0) is 59.9. The van der Waals surface area contributed by atoms with Crippen molar-refractivity contribution in [3.05, 3.63) is 108 Å². The van der Waals surface area contributed by atoms with Crippen LogP contribution in [0.5, 0.6) is 23.3 Å². The number of hydrogen-bond acceptors (Lipinski definition) is 18. The second-order valence-electron chi connectivity index (χ2n) is 20.6. The largest absolute Gasteiger partial charge is 0.494 e. The van der Waals surface area contributed by atoms with Gasteiger partial charge in [0, 0.05) is 75.9 Å². The molecule has 26 nitrogen and oxygen atoms in total. The van der Waals surface area contributed by atoms with Gasteiger partial charge in [-0.15, -0.1) is 0 Å². The number of carbonyl (C=O) groups is 6. The predicted molar refractivity (Wildman–Crippen MR) is 302 cm³/mol. The first-order chi connectivity index (χ1) is 38.7. The Hall–Kier alpha value is -7.54. The first-order valence-corrected chi connectivity index (χ1v) is 28.6. The molecule has 6 heterocycles. The van der Waals surface area contributed by atoms with Crippen LogP contribution < -0.4 is 18.9 Å². The summed E-state index contributed by atoms with van der Waals surface area (Å²) in [6.45, 7) is 11.0. The van der Waals surface area contributed by atoms with Crippen LogP contribution in [0.3, 0.4) is 0 Å². The third-order valence-electron chi connectivity index (χ3n) is 12.6. The molecule has 83 heavy (non-hydrogen) atoms. The number of piperazine rings is 2. The highest BCUT2D eigenvalue weighted by atomic mass is 31.2. The van der Waals surface area contributed by atoms with Crippen LogP contribution in [0.25, 0.3) is 21.8 Å². The monoisotopic (exact) mass is 1190 g/mol. The SMILES string of the molecule is C.COc1cnc(OC)c2c1c(C(=O)C(=O)N1CCN(C(=O)c3ccccc3)CC1)cn2COP(=O)(O)O.COc1cnc(OC)c2c1c(C(=O)C(=O)N1CCN(C(=O)c3ccccc3)CC1)cn2COP(=O)(OC(C)(C)C)OC(C)(C)C. The molecule has 2 aliphatic heterocycles. The number of phosphoric acid groups is 2. The van der Waals surface area contributed by atoms with Gasteiger partial charge in [-0.25, -0.2) is 19.1 Å². The summed E-state index contributed by atoms with van der Waals surface area (Å²) in [5.41, 5.74) is -0.260. The van der Waals surface area contributed by atoms with Gasteiger partial charge in [0.25, 0.3) is 35.2 Å². The molecule has 2 aromatic carbocycles. The first-order valence-electron chi connectivity index (χ1n) is 25.6. The van der Waals surface area contributed by atoms with E-state index < -0.39 is 63.7 Å². The van der Waals surface area contributed by atoms with Gasteiger partial charge in [0.1, 0.15) is 36.0 Å². The van der Waals surface area contributed by atoms with Gasteiger partial charge >= 0.3 is 15.6 Å². The first kappa shape index (κ1) is 64.6. The van der Waals surface area contributed by atoms with Crippen LogP contribution in [0.1, 0.15) is 90.4 Å². The second kappa shape index (κ2) is 26.8. The number of methoxy groups -OCH3 is 4. The van der Waals surface area contributed by atoms with E-state index >= 15 is 0 Å². The van der Waals surface area contributed by atoms with Gasteiger partial charge in [-0.2, -0.15) is 0 Å². The molecule has 2 saturated heterocycles. The number of phosphoric ester groups is 2. The molecule has 448 valence electrons. The highest BCUT2D eigenvalue weighted by Crippen LogP contribution is 2.56. The number of rotatable bonds is 18. The van der Waals surface area contributed by atoms with Gasteiger partial charge in [0.05, 0.1) is 73.9 Å². The van der Waals surface area contributed by atoms with E-state index in [4.69, 9.17) is 42.3 Å². The van der Waals surface area contributed by atoms with Crippen molar-refractivity contribution in [3.63, 3.8) is 0 Å². The van der Waals surface area contributed by atoms with Crippen LogP contribution in [0.15, 0.2) is 85.5 Å². The van der Waals surface area contributed by atoms with Gasteiger partial charge in [-0.05, 0) is 65.8 Å². The number of hydrogen-bond donors (Lipinski definition) is 2. The molecule has 0 saturated carbocycles. The van der Waals surface area contributed by atoms with Crippen molar-refractivity contribution in [2.75, 3.05) is 80.8 Å². The number of ether oxygens (including phenoxy) is 4. The van der Waals surface area contributed by atoms with Crippen molar-refractivity contribution >= 4 is 72.6 Å². The van der Waals surface area contributed by atoms with E-state index in [1.54, 1.807) is 99.9 Å². The standard InChI is InChI=1S/C31H41N4O9P.C23H25N4O9P.CH4/c1-30(2,3)43-45(39,44-31(4,5)6)42-20-35-19-22(24-23(40-7)18-32-27(41-8)25(24)35)26(36)29(38)34-16-14-33(15-17-34)28(37)21-12-10-9-11-13-21;1-34-17-12-24-21(35-2)19-18(17)16(13-27(19)14-36-37(31,32)33)20(28)23(30)26-10-8-25(9-11-26)22(29)15-6-4-3-5-7-15;/h9-13,18-19H,14-17,20H2,1-8H3;3-7,12-13H,8-11,14H2,1-2H3,(H2,31,32,33);1H4. The maximum absolute atomic E-state index is 13.8. The van der Waals surface area contributed by atoms with Crippen molar-refractivity contribution in [1.29, 1.82) is 0 Å². The quantitative estimate of drug-likeness (QED) is 0.0504. The van der Waals surface area contributed by atoms with Crippen LogP contribution >= 0.6 is 15.6 Å². The summed E-state index contributed by atoms with van der Waals surface area (Å²) in [7, 11) is -3.49. The van der Waals surface area contributed by atoms with E-state index in [1.165, 1.54) is 72.2 Å². The molecular weight excluding hydrogens is 1120 g/mol. The molecule has 2 fully saturated rings. The van der Waals surface area contributed by atoms with Crippen molar-refractivity contribution in [1.82, 2.24) is 38.7 Å². The number of aromatic nitrogens is 4. The van der Waals surface area contributed by atoms with Gasteiger partial charge < -0.3 is 57.5 Å². The smallest absolute Gasteiger partial charge is 0.477 e. The van der Waals surface area contributed by atoms with E-state index in [2.05, 4.69) is 14.5 Å². The molecule has 0 unspecified atom stereocenters. The van der Waals surface area contributed by atoms with Crippen LogP contribution in [0.2, 0.25) is 0 Å². The summed E-state index contributed by atoms with van der Waals surface area (Å²) in [5, 5.41) is 0.451. The lowest BCUT2D eigenvalue weighted by Gasteiger charge is -2.34. The molecule has 2 aliphatic rings. The molecule has 4 aromatic heterocycles. The minimum atomic E-state index is -4.85. The number of nitrogens with zero attached hydrogens (tertiary/aromatic N) is 8. The maximum Gasteiger partial charge on any atom is 0.477 e. The molecular formula is C55H70N8O18P2. The minimum Gasteiger partial charge on any atom is -0.494 e. The third-order valence-corrected chi connectivity index (χ3v) is 15.0. The summed E-state index contributed by atoms with van der Waals surface area (Å²) in [6, 6.07) is 17.7. The van der Waals surface area contributed by atoms with E-state index in [0.717, 1.165) is 0 Å². The topological polar surface area (TPSA) is 299 Å². The Kier molecular flexibility index (Phi) is 20.9. The van der Waals surface area contributed by atoms with Crippen molar-refractivity contribution in [2.24, 2.45) is 0 Å². The van der Waals surface area contributed by atoms with Crippen molar-refractivity contribution in [3.8, 4) is 23.3 Å². The van der Waals surface area contributed by atoms with Gasteiger partial charge in [-0.3, -0.25) is 46.9 Å². The van der Waals surface area contributed by atoms with Crippen LogP contribution in [-0.4, -0.2) is 176 Å². The lowest BCUT2D eigenvalue weighted by Crippen LogP contribution is -2.52. The molecule has 28 heteroatoms. The highest BCUT2D eigenvalue weighted by Gasteiger charge is 2.39. The molecule has 0 radical (unpaired) electrons. The van der Waals surface area contributed by atoms with Gasteiger partial charge in [0.2, 0.25) is 11.8 Å². The Labute approximate surface area is 479 Å². The molecule has 0 atom stereocenters. The van der Waals surface area contributed by atoms with Crippen LogP contribution in [-0.2, 0) is 50.3 Å². The van der Waals surface area contributed by atoms with Crippen LogP contribution in [0, 0.1) is 0 Å². The maximum atomic E-state index is 13.8. The van der Waals surface area contributed by atoms with Gasteiger partial charge in [0.15, 0.2) is 0 Å². The highest BCUT2D eigenvalue weighted by molar-refractivity contribution is 7.48. The molecule has 8 rings (SSSR count). The fourth-order valence-electron chi connectivity index (χ4n) is 8.99. The molecule has 2 N–H and O–H groups in total. The average Bonchev–Trinajstić information content (AvgIpc) is 4.29. The molecule has 0 aliphatic carbocycles. The molecule has 4 amide bonds. The van der Waals surface area contributed by atoms with Gasteiger partial charge in [-0.1, -0.05) is 43.8 Å². The summed E-state index contributed by atoms with van der Waals surface area (Å²) >= 11 is 0. The lowest BCUT2D eigenvalue weighted by molar-refractivity contribution is -0.128. The summed E-state index contributed by atoms with van der Waals surface area (Å²) in [5.74, 6) is -2.96.